The third kappa shape index (κ3) is 5.13. The standard InChI is InChI=1S/C18H17ClF3NO2/c1-3-16(25-13-6-4-5-11(2)9-13)17(24)23-15-8-7-12(19)10-14(15)18(20,21)22/h4-10,16H,3H2,1-2H3,(H,23,24)/t16-/m1/s1. The minimum Gasteiger partial charge on any atom is -0.481 e. The lowest BCUT2D eigenvalue weighted by Gasteiger charge is -2.19. The van der Waals surface area contributed by atoms with Crippen LogP contribution >= 0.6 is 11.6 Å². The van der Waals surface area contributed by atoms with E-state index < -0.39 is 23.8 Å². The zero-order chi connectivity index (χ0) is 18.6. The lowest BCUT2D eigenvalue weighted by molar-refractivity contribution is -0.137. The Morgan fingerprint density at radius 3 is 2.56 bits per heavy atom. The van der Waals surface area contributed by atoms with Gasteiger partial charge in [0.05, 0.1) is 11.3 Å². The molecule has 7 heteroatoms. The molecule has 0 aliphatic rings. The van der Waals surface area contributed by atoms with Gasteiger partial charge in [0.15, 0.2) is 6.10 Å². The van der Waals surface area contributed by atoms with Gasteiger partial charge < -0.3 is 10.1 Å². The van der Waals surface area contributed by atoms with Gasteiger partial charge in [-0.2, -0.15) is 13.2 Å². The number of carbonyl (C=O) groups excluding carboxylic acids is 1. The molecule has 1 atom stereocenters. The smallest absolute Gasteiger partial charge is 0.418 e. The number of halogens is 4. The van der Waals surface area contributed by atoms with E-state index in [0.29, 0.717) is 12.2 Å². The molecule has 0 bridgehead atoms. The van der Waals surface area contributed by atoms with E-state index >= 15 is 0 Å². The highest BCUT2D eigenvalue weighted by Gasteiger charge is 2.34. The van der Waals surface area contributed by atoms with Crippen molar-refractivity contribution in [2.45, 2.75) is 32.5 Å². The van der Waals surface area contributed by atoms with E-state index in [9.17, 15) is 18.0 Å². The first-order valence-electron chi connectivity index (χ1n) is 7.61. The summed E-state index contributed by atoms with van der Waals surface area (Å²) in [5, 5.41) is 2.23. The van der Waals surface area contributed by atoms with Crippen LogP contribution in [-0.4, -0.2) is 12.0 Å². The number of aryl methyl sites for hydroxylation is 1. The minimum absolute atomic E-state index is 0.0617. The third-order valence-electron chi connectivity index (χ3n) is 3.48. The van der Waals surface area contributed by atoms with E-state index in [1.54, 1.807) is 25.1 Å². The zero-order valence-electron chi connectivity index (χ0n) is 13.7. The Balaban J connectivity index is 2.20. The van der Waals surface area contributed by atoms with Crippen LogP contribution in [0.2, 0.25) is 5.02 Å². The molecule has 0 saturated heterocycles. The summed E-state index contributed by atoms with van der Waals surface area (Å²) in [5.74, 6) is -0.175. The van der Waals surface area contributed by atoms with Crippen LogP contribution in [0.15, 0.2) is 42.5 Å². The van der Waals surface area contributed by atoms with Crippen molar-refractivity contribution in [3.8, 4) is 5.75 Å². The van der Waals surface area contributed by atoms with Gasteiger partial charge in [-0.1, -0.05) is 30.7 Å². The predicted molar refractivity (Wildman–Crippen MR) is 91.0 cm³/mol. The number of ether oxygens (including phenoxy) is 1. The maximum atomic E-state index is 13.1. The Labute approximate surface area is 148 Å². The van der Waals surface area contributed by atoms with Crippen LogP contribution in [0.25, 0.3) is 0 Å². The normalized spacial score (nSPS) is 12.6. The Morgan fingerprint density at radius 1 is 1.24 bits per heavy atom. The summed E-state index contributed by atoms with van der Waals surface area (Å²) in [6, 6.07) is 10.3. The monoisotopic (exact) mass is 371 g/mol. The van der Waals surface area contributed by atoms with Crippen LogP contribution < -0.4 is 10.1 Å². The molecule has 0 spiro atoms. The van der Waals surface area contributed by atoms with E-state index in [0.717, 1.165) is 17.7 Å². The summed E-state index contributed by atoms with van der Waals surface area (Å²) >= 11 is 5.63. The average molecular weight is 372 g/mol. The lowest BCUT2D eigenvalue weighted by atomic mass is 10.1. The number of anilines is 1. The van der Waals surface area contributed by atoms with Crippen LogP contribution in [-0.2, 0) is 11.0 Å². The van der Waals surface area contributed by atoms with Gasteiger partial charge in [-0.05, 0) is 49.2 Å². The average Bonchev–Trinajstić information content (AvgIpc) is 2.53. The van der Waals surface area contributed by atoms with Crippen LogP contribution in [0.3, 0.4) is 0 Å². The minimum atomic E-state index is -4.63. The van der Waals surface area contributed by atoms with Gasteiger partial charge in [0.25, 0.3) is 5.91 Å². The van der Waals surface area contributed by atoms with Crippen LogP contribution in [0.1, 0.15) is 24.5 Å². The van der Waals surface area contributed by atoms with Crippen molar-refractivity contribution < 1.29 is 22.7 Å². The maximum Gasteiger partial charge on any atom is 0.418 e. The molecule has 0 saturated carbocycles. The second kappa shape index (κ2) is 7.78. The van der Waals surface area contributed by atoms with Crippen molar-refractivity contribution in [1.82, 2.24) is 0 Å². The fourth-order valence-corrected chi connectivity index (χ4v) is 2.42. The van der Waals surface area contributed by atoms with E-state index in [4.69, 9.17) is 16.3 Å². The molecule has 2 rings (SSSR count). The van der Waals surface area contributed by atoms with Crippen molar-refractivity contribution >= 4 is 23.2 Å². The Bertz CT molecular complexity index is 762. The van der Waals surface area contributed by atoms with Crippen LogP contribution in [0.5, 0.6) is 5.75 Å². The Morgan fingerprint density at radius 2 is 1.96 bits per heavy atom. The first kappa shape index (κ1) is 19.1. The number of nitrogens with one attached hydrogen (secondary N) is 1. The molecule has 2 aromatic carbocycles. The van der Waals surface area contributed by atoms with Gasteiger partial charge in [-0.15, -0.1) is 0 Å². The van der Waals surface area contributed by atoms with Gasteiger partial charge in [0.1, 0.15) is 5.75 Å². The second-order valence-electron chi connectivity index (χ2n) is 5.51. The van der Waals surface area contributed by atoms with E-state index in [-0.39, 0.29) is 10.7 Å². The molecule has 0 heterocycles. The molecule has 0 aromatic heterocycles. The molecule has 2 aromatic rings. The van der Waals surface area contributed by atoms with Gasteiger partial charge in [0, 0.05) is 5.02 Å². The SMILES string of the molecule is CC[C@@H](Oc1cccc(C)c1)C(=O)Nc1ccc(Cl)cc1C(F)(F)F. The van der Waals surface area contributed by atoms with Crippen molar-refractivity contribution in [3.05, 3.63) is 58.6 Å². The molecule has 3 nitrogen and oxygen atoms in total. The second-order valence-corrected chi connectivity index (χ2v) is 5.94. The number of benzene rings is 2. The number of amides is 1. The first-order valence-corrected chi connectivity index (χ1v) is 7.99. The number of carbonyl (C=O) groups is 1. The number of rotatable bonds is 5. The highest BCUT2D eigenvalue weighted by Crippen LogP contribution is 2.36. The van der Waals surface area contributed by atoms with Gasteiger partial charge in [-0.25, -0.2) is 0 Å². The van der Waals surface area contributed by atoms with Gasteiger partial charge >= 0.3 is 6.18 Å². The summed E-state index contributed by atoms with van der Waals surface area (Å²) in [7, 11) is 0. The third-order valence-corrected chi connectivity index (χ3v) is 3.71. The summed E-state index contributed by atoms with van der Waals surface area (Å²) in [6.07, 6.45) is -5.25. The highest BCUT2D eigenvalue weighted by molar-refractivity contribution is 6.30. The predicted octanol–water partition coefficient (Wildman–Crippen LogP) is 5.46. The molecule has 0 fully saturated rings. The largest absolute Gasteiger partial charge is 0.481 e. The highest BCUT2D eigenvalue weighted by atomic mass is 35.5. The molecule has 1 amide bonds. The summed E-state index contributed by atoms with van der Waals surface area (Å²) in [5.41, 5.74) is -0.406. The maximum absolute atomic E-state index is 13.1. The van der Waals surface area contributed by atoms with E-state index in [1.165, 1.54) is 6.07 Å². The Kier molecular flexibility index (Phi) is 5.95. The van der Waals surface area contributed by atoms with Crippen molar-refractivity contribution in [2.75, 3.05) is 5.32 Å². The molecule has 0 unspecified atom stereocenters. The summed E-state index contributed by atoms with van der Waals surface area (Å²) in [4.78, 5) is 12.4. The van der Waals surface area contributed by atoms with Crippen molar-refractivity contribution in [2.24, 2.45) is 0 Å². The number of hydrogen-bond donors (Lipinski definition) is 1. The Hall–Kier alpha value is -2.21. The fourth-order valence-electron chi connectivity index (χ4n) is 2.25. The molecule has 134 valence electrons. The van der Waals surface area contributed by atoms with E-state index in [2.05, 4.69) is 5.32 Å². The summed E-state index contributed by atoms with van der Waals surface area (Å²) < 4.78 is 44.9. The topological polar surface area (TPSA) is 38.3 Å². The lowest BCUT2D eigenvalue weighted by Crippen LogP contribution is -2.33. The molecule has 0 aliphatic carbocycles. The van der Waals surface area contributed by atoms with Crippen molar-refractivity contribution in [1.29, 1.82) is 0 Å². The van der Waals surface area contributed by atoms with E-state index in [1.807, 2.05) is 13.0 Å². The molecule has 0 aliphatic heterocycles. The quantitative estimate of drug-likeness (QED) is 0.757. The molecular formula is C18H17ClF3NO2. The number of alkyl halides is 3. The molecular weight excluding hydrogens is 355 g/mol. The first-order chi connectivity index (χ1) is 11.7. The molecule has 0 radical (unpaired) electrons. The van der Waals surface area contributed by atoms with Gasteiger partial charge in [0.2, 0.25) is 0 Å². The molecule has 1 N–H and O–H groups in total. The zero-order valence-corrected chi connectivity index (χ0v) is 14.4. The van der Waals surface area contributed by atoms with Gasteiger partial charge in [-0.3, -0.25) is 4.79 Å². The van der Waals surface area contributed by atoms with Crippen LogP contribution in [0, 0.1) is 6.92 Å². The molecule has 25 heavy (non-hydrogen) atoms. The van der Waals surface area contributed by atoms with Crippen molar-refractivity contribution in [3.63, 3.8) is 0 Å². The summed E-state index contributed by atoms with van der Waals surface area (Å²) in [6.45, 7) is 3.59. The fraction of sp³-hybridized carbons (Fsp3) is 0.278. The van der Waals surface area contributed by atoms with Crippen LogP contribution in [0.4, 0.5) is 18.9 Å². The number of hydrogen-bond acceptors (Lipinski definition) is 2.